The number of carbonyl (C=O) groups is 2. The monoisotopic (exact) mass is 309 g/mol. The first kappa shape index (κ1) is 19.0. The van der Waals surface area contributed by atoms with Crippen molar-refractivity contribution in [2.24, 2.45) is 0 Å². The van der Waals surface area contributed by atoms with E-state index in [2.05, 4.69) is 5.32 Å². The van der Waals surface area contributed by atoms with Gasteiger partial charge in [0.2, 0.25) is 0 Å². The van der Waals surface area contributed by atoms with Crippen LogP contribution in [0.3, 0.4) is 0 Å². The third kappa shape index (κ3) is 9.88. The van der Waals surface area contributed by atoms with E-state index in [-0.39, 0.29) is 13.0 Å². The van der Waals surface area contributed by atoms with Gasteiger partial charge in [-0.05, 0) is 32.9 Å². The SMILES string of the molecule is CC(C)(C)OC(=O)NC(CCSCC(O)CO)C(=O)O. The maximum atomic E-state index is 11.5. The van der Waals surface area contributed by atoms with Crippen LogP contribution >= 0.6 is 11.8 Å². The van der Waals surface area contributed by atoms with Crippen molar-refractivity contribution >= 4 is 23.8 Å². The predicted octanol–water partition coefficient (Wildman–Crippen LogP) is 0.441. The summed E-state index contributed by atoms with van der Waals surface area (Å²) in [4.78, 5) is 22.5. The Morgan fingerprint density at radius 1 is 1.35 bits per heavy atom. The lowest BCUT2D eigenvalue weighted by Crippen LogP contribution is -2.43. The molecule has 2 atom stereocenters. The number of thioether (sulfide) groups is 1. The van der Waals surface area contributed by atoms with Crippen molar-refractivity contribution in [2.75, 3.05) is 18.1 Å². The van der Waals surface area contributed by atoms with E-state index >= 15 is 0 Å². The van der Waals surface area contributed by atoms with Gasteiger partial charge in [-0.3, -0.25) is 0 Å². The molecular formula is C12H23NO6S. The second-order valence-corrected chi connectivity index (χ2v) is 6.39. The number of carboxylic acids is 1. The highest BCUT2D eigenvalue weighted by molar-refractivity contribution is 7.99. The number of aliphatic hydroxyl groups excluding tert-OH is 2. The van der Waals surface area contributed by atoms with Crippen LogP contribution in [-0.4, -0.2) is 63.2 Å². The minimum Gasteiger partial charge on any atom is -0.480 e. The van der Waals surface area contributed by atoms with Crippen LogP contribution in [0, 0.1) is 0 Å². The third-order valence-corrected chi connectivity index (χ3v) is 3.21. The highest BCUT2D eigenvalue weighted by atomic mass is 32.2. The quantitative estimate of drug-likeness (QED) is 0.481. The van der Waals surface area contributed by atoms with Crippen LogP contribution in [0.15, 0.2) is 0 Å². The van der Waals surface area contributed by atoms with Gasteiger partial charge in [-0.2, -0.15) is 11.8 Å². The molecule has 0 aliphatic heterocycles. The highest BCUT2D eigenvalue weighted by Gasteiger charge is 2.23. The molecule has 0 aliphatic carbocycles. The number of carboxylic acid groups (broad SMARTS) is 1. The van der Waals surface area contributed by atoms with Gasteiger partial charge in [0.15, 0.2) is 0 Å². The third-order valence-electron chi connectivity index (χ3n) is 2.06. The van der Waals surface area contributed by atoms with Gasteiger partial charge >= 0.3 is 12.1 Å². The molecule has 0 radical (unpaired) electrons. The average molecular weight is 309 g/mol. The van der Waals surface area contributed by atoms with E-state index in [4.69, 9.17) is 20.1 Å². The summed E-state index contributed by atoms with van der Waals surface area (Å²) in [5.74, 6) is -0.391. The molecular weight excluding hydrogens is 286 g/mol. The van der Waals surface area contributed by atoms with E-state index in [1.807, 2.05) is 0 Å². The van der Waals surface area contributed by atoms with E-state index in [0.29, 0.717) is 11.5 Å². The second-order valence-electron chi connectivity index (χ2n) is 5.24. The normalized spacial score (nSPS) is 14.4. The smallest absolute Gasteiger partial charge is 0.408 e. The lowest BCUT2D eigenvalue weighted by Gasteiger charge is -2.22. The first-order valence-electron chi connectivity index (χ1n) is 6.24. The van der Waals surface area contributed by atoms with Gasteiger partial charge in [-0.15, -0.1) is 0 Å². The molecule has 2 unspecified atom stereocenters. The summed E-state index contributed by atoms with van der Waals surface area (Å²) in [5.41, 5.74) is -0.687. The molecule has 0 saturated carbocycles. The average Bonchev–Trinajstić information content (AvgIpc) is 2.29. The Bertz CT molecular complexity index is 318. The Morgan fingerprint density at radius 2 is 1.95 bits per heavy atom. The maximum Gasteiger partial charge on any atom is 0.408 e. The summed E-state index contributed by atoms with van der Waals surface area (Å²) in [6, 6.07) is -1.04. The molecule has 20 heavy (non-hydrogen) atoms. The molecule has 118 valence electrons. The Kier molecular flexibility index (Phi) is 8.59. The fourth-order valence-corrected chi connectivity index (χ4v) is 2.13. The number of aliphatic carboxylic acids is 1. The number of ether oxygens (including phenoxy) is 1. The fourth-order valence-electron chi connectivity index (χ4n) is 1.18. The molecule has 0 saturated heterocycles. The summed E-state index contributed by atoms with van der Waals surface area (Å²) >= 11 is 1.31. The van der Waals surface area contributed by atoms with Crippen molar-refractivity contribution in [1.29, 1.82) is 0 Å². The van der Waals surface area contributed by atoms with Gasteiger partial charge in [-0.1, -0.05) is 0 Å². The van der Waals surface area contributed by atoms with E-state index in [1.165, 1.54) is 11.8 Å². The first-order chi connectivity index (χ1) is 9.15. The largest absolute Gasteiger partial charge is 0.480 e. The number of alkyl carbamates (subject to hydrolysis) is 1. The Hall–Kier alpha value is -0.990. The van der Waals surface area contributed by atoms with Gasteiger partial charge in [0.25, 0.3) is 0 Å². The van der Waals surface area contributed by atoms with Gasteiger partial charge in [0, 0.05) is 5.75 Å². The van der Waals surface area contributed by atoms with E-state index in [9.17, 15) is 9.59 Å². The molecule has 0 aromatic rings. The zero-order valence-electron chi connectivity index (χ0n) is 12.0. The van der Waals surface area contributed by atoms with Crippen LogP contribution < -0.4 is 5.32 Å². The minimum atomic E-state index is -1.14. The van der Waals surface area contributed by atoms with Crippen LogP contribution in [0.5, 0.6) is 0 Å². The Morgan fingerprint density at radius 3 is 2.40 bits per heavy atom. The summed E-state index contributed by atoms with van der Waals surface area (Å²) < 4.78 is 4.99. The van der Waals surface area contributed by atoms with Crippen LogP contribution in [0.4, 0.5) is 4.79 Å². The predicted molar refractivity (Wildman–Crippen MR) is 75.8 cm³/mol. The van der Waals surface area contributed by atoms with Crippen LogP contribution in [0.2, 0.25) is 0 Å². The van der Waals surface area contributed by atoms with Crippen molar-refractivity contribution < 1.29 is 29.6 Å². The van der Waals surface area contributed by atoms with E-state index < -0.39 is 29.8 Å². The van der Waals surface area contributed by atoms with Crippen molar-refractivity contribution in [1.82, 2.24) is 5.32 Å². The van der Waals surface area contributed by atoms with Crippen molar-refractivity contribution in [3.8, 4) is 0 Å². The van der Waals surface area contributed by atoms with Crippen molar-refractivity contribution in [2.45, 2.75) is 44.9 Å². The molecule has 0 heterocycles. The molecule has 0 fully saturated rings. The van der Waals surface area contributed by atoms with Gasteiger partial charge in [-0.25, -0.2) is 9.59 Å². The zero-order valence-corrected chi connectivity index (χ0v) is 12.8. The number of carbonyl (C=O) groups excluding carboxylic acids is 1. The van der Waals surface area contributed by atoms with Crippen LogP contribution in [0.25, 0.3) is 0 Å². The zero-order chi connectivity index (χ0) is 15.8. The van der Waals surface area contributed by atoms with Crippen LogP contribution in [-0.2, 0) is 9.53 Å². The second kappa shape index (κ2) is 9.04. The molecule has 0 rings (SSSR count). The molecule has 4 N–H and O–H groups in total. The van der Waals surface area contributed by atoms with Crippen molar-refractivity contribution in [3.05, 3.63) is 0 Å². The summed E-state index contributed by atoms with van der Waals surface area (Å²) in [7, 11) is 0. The molecule has 0 spiro atoms. The highest BCUT2D eigenvalue weighted by Crippen LogP contribution is 2.10. The van der Waals surface area contributed by atoms with Gasteiger partial charge in [0.05, 0.1) is 12.7 Å². The summed E-state index contributed by atoms with van der Waals surface area (Å²) in [6.45, 7) is 4.74. The van der Waals surface area contributed by atoms with E-state index in [1.54, 1.807) is 20.8 Å². The van der Waals surface area contributed by atoms with Gasteiger partial charge in [0.1, 0.15) is 11.6 Å². The number of nitrogens with one attached hydrogen (secondary N) is 1. The minimum absolute atomic E-state index is 0.206. The number of aliphatic hydroxyl groups is 2. The summed E-state index contributed by atoms with van der Waals surface area (Å²) in [6.07, 6.45) is -1.38. The Labute approximate surface area is 122 Å². The molecule has 0 aliphatic rings. The Balaban J connectivity index is 4.11. The van der Waals surface area contributed by atoms with Gasteiger partial charge < -0.3 is 25.4 Å². The number of hydrogen-bond acceptors (Lipinski definition) is 6. The molecule has 0 aromatic heterocycles. The maximum absolute atomic E-state index is 11.5. The molecule has 0 aromatic carbocycles. The molecule has 8 heteroatoms. The number of rotatable bonds is 8. The van der Waals surface area contributed by atoms with E-state index in [0.717, 1.165) is 0 Å². The van der Waals surface area contributed by atoms with Crippen molar-refractivity contribution in [3.63, 3.8) is 0 Å². The fraction of sp³-hybridized carbons (Fsp3) is 0.833. The molecule has 0 bridgehead atoms. The lowest BCUT2D eigenvalue weighted by molar-refractivity contribution is -0.139. The number of hydrogen-bond donors (Lipinski definition) is 4. The molecule has 7 nitrogen and oxygen atoms in total. The summed E-state index contributed by atoms with van der Waals surface area (Å²) in [5, 5.41) is 29.1. The van der Waals surface area contributed by atoms with Crippen LogP contribution in [0.1, 0.15) is 27.2 Å². The standard InChI is InChI=1S/C12H23NO6S/c1-12(2,3)19-11(18)13-9(10(16)17)4-5-20-7-8(15)6-14/h8-9,14-15H,4-7H2,1-3H3,(H,13,18)(H,16,17). The number of amides is 1. The molecule has 1 amide bonds. The first-order valence-corrected chi connectivity index (χ1v) is 7.40. The topological polar surface area (TPSA) is 116 Å². The lowest BCUT2D eigenvalue weighted by atomic mass is 10.2.